The van der Waals surface area contributed by atoms with Gasteiger partial charge in [0.05, 0.1) is 0 Å². The summed E-state index contributed by atoms with van der Waals surface area (Å²) in [5.74, 6) is 1.21. The Morgan fingerprint density at radius 3 is 3.23 bits per heavy atom. The second-order valence-electron chi connectivity index (χ2n) is 5.67. The molecule has 1 fully saturated rings. The highest BCUT2D eigenvalue weighted by molar-refractivity contribution is 5.92. The van der Waals surface area contributed by atoms with Gasteiger partial charge in [-0.3, -0.25) is 4.79 Å². The molecule has 6 nitrogen and oxygen atoms in total. The first-order chi connectivity index (χ1) is 10.7. The quantitative estimate of drug-likeness (QED) is 0.856. The number of hydrogen-bond acceptors (Lipinski definition) is 5. The maximum absolute atomic E-state index is 12.0. The fraction of sp³-hybridized carbons (Fsp3) is 0.500. The molecule has 1 aliphatic heterocycles. The number of methoxy groups -OCH3 is 1. The predicted molar refractivity (Wildman–Crippen MR) is 83.6 cm³/mol. The Kier molecular flexibility index (Phi) is 4.70. The van der Waals surface area contributed by atoms with Crippen molar-refractivity contribution in [3.8, 4) is 0 Å². The van der Waals surface area contributed by atoms with Gasteiger partial charge < -0.3 is 19.8 Å². The van der Waals surface area contributed by atoms with Gasteiger partial charge in [-0.1, -0.05) is 0 Å². The van der Waals surface area contributed by atoms with Crippen LogP contribution in [0.4, 0.5) is 5.69 Å². The Balaban J connectivity index is 1.59. The van der Waals surface area contributed by atoms with Crippen LogP contribution in [0.5, 0.6) is 0 Å². The van der Waals surface area contributed by atoms with E-state index in [1.807, 2.05) is 18.2 Å². The molecule has 2 N–H and O–H groups in total. The molecule has 1 atom stereocenters. The molecule has 0 aliphatic carbocycles. The molecule has 0 saturated carbocycles. The number of amides is 1. The summed E-state index contributed by atoms with van der Waals surface area (Å²) in [4.78, 5) is 16.3. The highest BCUT2D eigenvalue weighted by Crippen LogP contribution is 2.21. The molecule has 1 aromatic heterocycles. The summed E-state index contributed by atoms with van der Waals surface area (Å²) in [5.41, 5.74) is 2.17. The second kappa shape index (κ2) is 6.89. The standard InChI is InChI=1S/C16H21N3O3/c1-21-10-16-19-13-8-12(3-4-14(13)22-16)18-15(20)5-2-11-6-7-17-9-11/h3-4,8,11,17H,2,5-7,9-10H2,1H3,(H,18,20). The number of aromatic nitrogens is 1. The molecule has 118 valence electrons. The van der Waals surface area contributed by atoms with Crippen LogP contribution < -0.4 is 10.6 Å². The lowest BCUT2D eigenvalue weighted by Gasteiger charge is -2.08. The number of nitrogens with zero attached hydrogens (tertiary/aromatic N) is 1. The van der Waals surface area contributed by atoms with Gasteiger partial charge in [0, 0.05) is 19.2 Å². The first-order valence-electron chi connectivity index (χ1n) is 7.63. The zero-order valence-corrected chi connectivity index (χ0v) is 12.7. The Hall–Kier alpha value is -1.92. The van der Waals surface area contributed by atoms with Gasteiger partial charge in [-0.2, -0.15) is 0 Å². The van der Waals surface area contributed by atoms with E-state index >= 15 is 0 Å². The number of benzene rings is 1. The summed E-state index contributed by atoms with van der Waals surface area (Å²) in [6.07, 6.45) is 2.65. The molecule has 1 aromatic carbocycles. The molecule has 1 amide bonds. The van der Waals surface area contributed by atoms with Gasteiger partial charge in [0.15, 0.2) is 5.58 Å². The SMILES string of the molecule is COCc1nc2cc(NC(=O)CCC3CCNC3)ccc2o1. The number of anilines is 1. The Bertz CT molecular complexity index is 647. The maximum Gasteiger partial charge on any atom is 0.224 e. The third-order valence-corrected chi connectivity index (χ3v) is 3.93. The van der Waals surface area contributed by atoms with Crippen LogP contribution in [0.1, 0.15) is 25.2 Å². The van der Waals surface area contributed by atoms with Gasteiger partial charge >= 0.3 is 0 Å². The van der Waals surface area contributed by atoms with Crippen molar-refractivity contribution in [2.24, 2.45) is 5.92 Å². The largest absolute Gasteiger partial charge is 0.438 e. The van der Waals surface area contributed by atoms with Crippen molar-refractivity contribution in [1.29, 1.82) is 0 Å². The third kappa shape index (κ3) is 3.64. The minimum atomic E-state index is 0.0480. The molecule has 2 aromatic rings. The number of carbonyl (C=O) groups is 1. The maximum atomic E-state index is 12.0. The number of nitrogens with one attached hydrogen (secondary N) is 2. The fourth-order valence-electron chi connectivity index (χ4n) is 2.76. The molecule has 6 heteroatoms. The minimum Gasteiger partial charge on any atom is -0.438 e. The second-order valence-corrected chi connectivity index (χ2v) is 5.67. The van der Waals surface area contributed by atoms with Gasteiger partial charge in [-0.05, 0) is 50.0 Å². The number of carbonyl (C=O) groups excluding carboxylic acids is 1. The molecule has 1 saturated heterocycles. The van der Waals surface area contributed by atoms with E-state index in [4.69, 9.17) is 9.15 Å². The van der Waals surface area contributed by atoms with Crippen LogP contribution in [-0.2, 0) is 16.1 Å². The van der Waals surface area contributed by atoms with E-state index in [1.165, 1.54) is 6.42 Å². The predicted octanol–water partition coefficient (Wildman–Crippen LogP) is 2.30. The zero-order chi connectivity index (χ0) is 15.4. The van der Waals surface area contributed by atoms with E-state index in [-0.39, 0.29) is 5.91 Å². The molecule has 1 unspecified atom stereocenters. The van der Waals surface area contributed by atoms with E-state index in [0.717, 1.165) is 30.7 Å². The minimum absolute atomic E-state index is 0.0480. The number of oxazole rings is 1. The lowest BCUT2D eigenvalue weighted by molar-refractivity contribution is -0.116. The lowest BCUT2D eigenvalue weighted by Crippen LogP contribution is -2.14. The number of rotatable bonds is 6. The van der Waals surface area contributed by atoms with E-state index in [0.29, 0.717) is 30.4 Å². The summed E-state index contributed by atoms with van der Waals surface area (Å²) in [5, 5.41) is 6.24. The molecule has 0 radical (unpaired) electrons. The van der Waals surface area contributed by atoms with Crippen LogP contribution >= 0.6 is 0 Å². The average molecular weight is 303 g/mol. The van der Waals surface area contributed by atoms with Crippen molar-refractivity contribution in [3.05, 3.63) is 24.1 Å². The van der Waals surface area contributed by atoms with Gasteiger partial charge in [-0.15, -0.1) is 0 Å². The molecular weight excluding hydrogens is 282 g/mol. The summed E-state index contributed by atoms with van der Waals surface area (Å²) in [6.45, 7) is 2.44. The highest BCUT2D eigenvalue weighted by atomic mass is 16.5. The summed E-state index contributed by atoms with van der Waals surface area (Å²) >= 11 is 0. The average Bonchev–Trinajstić information content (AvgIpc) is 3.13. The van der Waals surface area contributed by atoms with Gasteiger partial charge in [0.2, 0.25) is 11.8 Å². The van der Waals surface area contributed by atoms with Gasteiger partial charge in [0.1, 0.15) is 12.1 Å². The van der Waals surface area contributed by atoms with Crippen LogP contribution in [0.3, 0.4) is 0 Å². The molecule has 0 spiro atoms. The smallest absolute Gasteiger partial charge is 0.224 e. The normalized spacial score (nSPS) is 18.0. The van der Waals surface area contributed by atoms with E-state index in [1.54, 1.807) is 7.11 Å². The Morgan fingerprint density at radius 1 is 1.55 bits per heavy atom. The number of ether oxygens (including phenoxy) is 1. The molecule has 22 heavy (non-hydrogen) atoms. The van der Waals surface area contributed by atoms with Crippen molar-refractivity contribution in [1.82, 2.24) is 10.3 Å². The van der Waals surface area contributed by atoms with Crippen molar-refractivity contribution in [2.45, 2.75) is 25.9 Å². The van der Waals surface area contributed by atoms with Crippen LogP contribution in [-0.4, -0.2) is 31.1 Å². The van der Waals surface area contributed by atoms with E-state index in [9.17, 15) is 4.79 Å². The van der Waals surface area contributed by atoms with Crippen LogP contribution in [0.15, 0.2) is 22.6 Å². The van der Waals surface area contributed by atoms with Crippen LogP contribution in [0.2, 0.25) is 0 Å². The molecule has 3 rings (SSSR count). The van der Waals surface area contributed by atoms with E-state index < -0.39 is 0 Å². The summed E-state index contributed by atoms with van der Waals surface area (Å²) < 4.78 is 10.5. The van der Waals surface area contributed by atoms with Crippen LogP contribution in [0, 0.1) is 5.92 Å². The van der Waals surface area contributed by atoms with Crippen molar-refractivity contribution >= 4 is 22.7 Å². The molecule has 0 bridgehead atoms. The first kappa shape index (κ1) is 15.0. The van der Waals surface area contributed by atoms with Gasteiger partial charge in [0.25, 0.3) is 0 Å². The van der Waals surface area contributed by atoms with Crippen molar-refractivity contribution < 1.29 is 13.9 Å². The topological polar surface area (TPSA) is 76.4 Å². The Labute approximate surface area is 129 Å². The van der Waals surface area contributed by atoms with Crippen molar-refractivity contribution in [2.75, 3.05) is 25.5 Å². The molecular formula is C16H21N3O3. The highest BCUT2D eigenvalue weighted by Gasteiger charge is 2.16. The van der Waals surface area contributed by atoms with Crippen molar-refractivity contribution in [3.63, 3.8) is 0 Å². The Morgan fingerprint density at radius 2 is 2.45 bits per heavy atom. The number of fused-ring (bicyclic) bond motifs is 1. The zero-order valence-electron chi connectivity index (χ0n) is 12.7. The summed E-state index contributed by atoms with van der Waals surface area (Å²) in [6, 6.07) is 5.48. The third-order valence-electron chi connectivity index (χ3n) is 3.93. The summed E-state index contributed by atoms with van der Waals surface area (Å²) in [7, 11) is 1.60. The first-order valence-corrected chi connectivity index (χ1v) is 7.63. The lowest BCUT2D eigenvalue weighted by atomic mass is 10.0. The van der Waals surface area contributed by atoms with E-state index in [2.05, 4.69) is 15.6 Å². The fourth-order valence-corrected chi connectivity index (χ4v) is 2.76. The molecule has 2 heterocycles. The monoisotopic (exact) mass is 303 g/mol. The number of hydrogen-bond donors (Lipinski definition) is 2. The van der Waals surface area contributed by atoms with Gasteiger partial charge in [-0.25, -0.2) is 4.98 Å². The molecule has 1 aliphatic rings. The van der Waals surface area contributed by atoms with Crippen LogP contribution in [0.25, 0.3) is 11.1 Å².